The van der Waals surface area contributed by atoms with E-state index in [1.807, 2.05) is 38.1 Å². The summed E-state index contributed by atoms with van der Waals surface area (Å²) in [5.41, 5.74) is 3.14. The topological polar surface area (TPSA) is 58.1 Å². The Morgan fingerprint density at radius 2 is 2.24 bits per heavy atom. The van der Waals surface area contributed by atoms with E-state index in [4.69, 9.17) is 11.6 Å². The first-order valence-corrected chi connectivity index (χ1v) is 8.32. The van der Waals surface area contributed by atoms with Crippen molar-refractivity contribution in [3.63, 3.8) is 0 Å². The molecule has 1 aromatic heterocycles. The molecule has 0 radical (unpaired) electrons. The smallest absolute Gasteiger partial charge is 0.237 e. The molecule has 8 heteroatoms. The number of aromatic nitrogens is 2. The van der Waals surface area contributed by atoms with Gasteiger partial charge in [0.05, 0.1) is 21.6 Å². The molecule has 1 atom stereocenters. The summed E-state index contributed by atoms with van der Waals surface area (Å²) in [5.74, 6) is -0.0967. The van der Waals surface area contributed by atoms with Gasteiger partial charge in [-0.2, -0.15) is 0 Å². The molecule has 0 aliphatic rings. The van der Waals surface area contributed by atoms with Crippen LogP contribution in [0.3, 0.4) is 0 Å². The van der Waals surface area contributed by atoms with Gasteiger partial charge in [0.25, 0.3) is 0 Å². The molecule has 1 aromatic carbocycles. The minimum Gasteiger partial charge on any atom is -0.375 e. The number of carbonyl (C=O) groups is 1. The zero-order chi connectivity index (χ0) is 15.4. The third kappa shape index (κ3) is 4.09. The molecule has 0 fully saturated rings. The fourth-order valence-electron chi connectivity index (χ4n) is 1.72. The second kappa shape index (κ2) is 7.11. The predicted molar refractivity (Wildman–Crippen MR) is 89.6 cm³/mol. The molecule has 2 aromatic rings. The number of amides is 1. The van der Waals surface area contributed by atoms with Crippen LogP contribution in [0.25, 0.3) is 0 Å². The molecule has 0 saturated carbocycles. The van der Waals surface area contributed by atoms with Crippen LogP contribution in [0.1, 0.15) is 6.92 Å². The van der Waals surface area contributed by atoms with Crippen molar-refractivity contribution in [3.8, 4) is 0 Å². The first-order valence-electron chi connectivity index (χ1n) is 6.18. The Morgan fingerprint density at radius 3 is 2.86 bits per heavy atom. The number of carbonyl (C=O) groups excluding carboxylic acids is 1. The number of para-hydroxylation sites is 1. The minimum absolute atomic E-state index is 0.0967. The van der Waals surface area contributed by atoms with Gasteiger partial charge in [0.1, 0.15) is 5.51 Å². The van der Waals surface area contributed by atoms with Gasteiger partial charge in [0.2, 0.25) is 5.91 Å². The Hall–Kier alpha value is -1.31. The largest absolute Gasteiger partial charge is 0.375 e. The van der Waals surface area contributed by atoms with Gasteiger partial charge in [-0.25, -0.2) is 0 Å². The van der Waals surface area contributed by atoms with Gasteiger partial charge in [-0.1, -0.05) is 40.8 Å². The number of halogens is 1. The SMILES string of the molecule is C[C@H](Sc1nncs1)C(=O)Nc1cccc(Cl)c1N(C)C. The molecule has 0 saturated heterocycles. The number of nitrogens with zero attached hydrogens (tertiary/aromatic N) is 3. The highest BCUT2D eigenvalue weighted by molar-refractivity contribution is 8.02. The summed E-state index contributed by atoms with van der Waals surface area (Å²) in [6, 6.07) is 5.45. The molecular formula is C13H15ClN4OS2. The number of hydrogen-bond acceptors (Lipinski definition) is 6. The van der Waals surface area contributed by atoms with Crippen LogP contribution in [0.5, 0.6) is 0 Å². The summed E-state index contributed by atoms with van der Waals surface area (Å²) in [6.07, 6.45) is 0. The van der Waals surface area contributed by atoms with Crippen molar-refractivity contribution in [1.82, 2.24) is 10.2 Å². The molecule has 2 rings (SSSR count). The Bertz CT molecular complexity index is 619. The maximum atomic E-state index is 12.3. The second-order valence-electron chi connectivity index (χ2n) is 4.48. The van der Waals surface area contributed by atoms with Crippen LogP contribution in [0, 0.1) is 0 Å². The molecule has 5 nitrogen and oxygen atoms in total. The summed E-state index contributed by atoms with van der Waals surface area (Å²) in [5, 5.41) is 10.9. The highest BCUT2D eigenvalue weighted by Crippen LogP contribution is 2.33. The normalized spacial score (nSPS) is 12.0. The van der Waals surface area contributed by atoms with E-state index in [1.54, 1.807) is 11.6 Å². The molecule has 1 heterocycles. The summed E-state index contributed by atoms with van der Waals surface area (Å²) >= 11 is 8.99. The standard InChI is InChI=1S/C13H15ClN4OS2/c1-8(21-13-17-15-7-20-13)12(19)16-10-6-4-5-9(14)11(10)18(2)3/h4-8H,1-3H3,(H,16,19)/t8-/m0/s1. The number of anilines is 2. The molecule has 21 heavy (non-hydrogen) atoms. The van der Waals surface area contributed by atoms with Crippen LogP contribution in [0.2, 0.25) is 5.02 Å². The molecule has 1 amide bonds. The number of thioether (sulfide) groups is 1. The van der Waals surface area contributed by atoms with Crippen molar-refractivity contribution in [3.05, 3.63) is 28.7 Å². The first-order chi connectivity index (χ1) is 9.99. The van der Waals surface area contributed by atoms with E-state index >= 15 is 0 Å². The van der Waals surface area contributed by atoms with Crippen molar-refractivity contribution in [2.45, 2.75) is 16.5 Å². The van der Waals surface area contributed by atoms with E-state index in [2.05, 4.69) is 15.5 Å². The van der Waals surface area contributed by atoms with Gasteiger partial charge in [-0.05, 0) is 19.1 Å². The lowest BCUT2D eigenvalue weighted by Gasteiger charge is -2.20. The van der Waals surface area contributed by atoms with Gasteiger partial charge in [-0.15, -0.1) is 10.2 Å². The molecule has 0 aliphatic carbocycles. The quantitative estimate of drug-likeness (QED) is 0.844. The summed E-state index contributed by atoms with van der Waals surface area (Å²) in [4.78, 5) is 14.2. The summed E-state index contributed by atoms with van der Waals surface area (Å²) in [7, 11) is 3.77. The highest BCUT2D eigenvalue weighted by atomic mass is 35.5. The van der Waals surface area contributed by atoms with Crippen molar-refractivity contribution in [2.75, 3.05) is 24.3 Å². The van der Waals surface area contributed by atoms with Crippen LogP contribution in [-0.4, -0.2) is 35.4 Å². The molecule has 0 spiro atoms. The van der Waals surface area contributed by atoms with Gasteiger partial charge in [-0.3, -0.25) is 4.79 Å². The Kier molecular flexibility index (Phi) is 5.44. The maximum Gasteiger partial charge on any atom is 0.237 e. The average molecular weight is 343 g/mol. The van der Waals surface area contributed by atoms with Crippen molar-refractivity contribution < 1.29 is 4.79 Å². The highest BCUT2D eigenvalue weighted by Gasteiger charge is 2.18. The number of benzene rings is 1. The van der Waals surface area contributed by atoms with Crippen molar-refractivity contribution in [2.24, 2.45) is 0 Å². The lowest BCUT2D eigenvalue weighted by Crippen LogP contribution is -2.24. The van der Waals surface area contributed by atoms with E-state index in [0.29, 0.717) is 10.7 Å². The summed E-state index contributed by atoms with van der Waals surface area (Å²) in [6.45, 7) is 1.83. The van der Waals surface area contributed by atoms with Gasteiger partial charge < -0.3 is 10.2 Å². The van der Waals surface area contributed by atoms with Crippen LogP contribution in [0.4, 0.5) is 11.4 Å². The van der Waals surface area contributed by atoms with Crippen LogP contribution in [0.15, 0.2) is 28.0 Å². The third-order valence-electron chi connectivity index (χ3n) is 2.68. The number of nitrogens with one attached hydrogen (secondary N) is 1. The maximum absolute atomic E-state index is 12.3. The van der Waals surface area contributed by atoms with E-state index in [-0.39, 0.29) is 11.2 Å². The Labute approximate surface area is 136 Å². The zero-order valence-corrected chi connectivity index (χ0v) is 14.2. The Balaban J connectivity index is 2.11. The fraction of sp³-hybridized carbons (Fsp3) is 0.308. The van der Waals surface area contributed by atoms with Crippen LogP contribution < -0.4 is 10.2 Å². The second-order valence-corrected chi connectivity index (χ2v) is 7.31. The van der Waals surface area contributed by atoms with Crippen LogP contribution >= 0.6 is 34.7 Å². The van der Waals surface area contributed by atoms with Crippen molar-refractivity contribution in [1.29, 1.82) is 0 Å². The number of hydrogen-bond donors (Lipinski definition) is 1. The molecule has 0 unspecified atom stereocenters. The van der Waals surface area contributed by atoms with Gasteiger partial charge in [0.15, 0.2) is 4.34 Å². The molecule has 1 N–H and O–H groups in total. The Morgan fingerprint density at radius 1 is 1.48 bits per heavy atom. The zero-order valence-electron chi connectivity index (χ0n) is 11.8. The third-order valence-corrected chi connectivity index (χ3v) is 4.89. The van der Waals surface area contributed by atoms with E-state index in [1.165, 1.54) is 23.1 Å². The fourth-order valence-corrected chi connectivity index (χ4v) is 3.69. The lowest BCUT2D eigenvalue weighted by molar-refractivity contribution is -0.115. The van der Waals surface area contributed by atoms with Gasteiger partial charge in [0, 0.05) is 14.1 Å². The monoisotopic (exact) mass is 342 g/mol. The molecule has 0 aliphatic heterocycles. The molecular weight excluding hydrogens is 328 g/mol. The predicted octanol–water partition coefficient (Wildman–Crippen LogP) is 3.38. The lowest BCUT2D eigenvalue weighted by atomic mass is 10.2. The minimum atomic E-state index is -0.271. The first kappa shape index (κ1) is 16.1. The van der Waals surface area contributed by atoms with E-state index in [0.717, 1.165) is 10.0 Å². The number of rotatable bonds is 5. The van der Waals surface area contributed by atoms with Crippen molar-refractivity contribution >= 4 is 52.0 Å². The van der Waals surface area contributed by atoms with Gasteiger partial charge >= 0.3 is 0 Å². The average Bonchev–Trinajstić information content (AvgIpc) is 2.91. The van der Waals surface area contributed by atoms with E-state index < -0.39 is 0 Å². The van der Waals surface area contributed by atoms with Crippen LogP contribution in [-0.2, 0) is 4.79 Å². The summed E-state index contributed by atoms with van der Waals surface area (Å²) < 4.78 is 0.775. The van der Waals surface area contributed by atoms with E-state index in [9.17, 15) is 4.79 Å². The molecule has 112 valence electrons. The molecule has 0 bridgehead atoms.